The van der Waals surface area contributed by atoms with Crippen LogP contribution >= 0.6 is 11.6 Å². The summed E-state index contributed by atoms with van der Waals surface area (Å²) in [6, 6.07) is 6.02. The Bertz CT molecular complexity index is 569. The molecule has 2 rings (SSSR count). The minimum Gasteiger partial charge on any atom is -0.354 e. The first-order chi connectivity index (χ1) is 9.06. The molecule has 1 aromatic carbocycles. The van der Waals surface area contributed by atoms with Gasteiger partial charge in [0, 0.05) is 29.0 Å². The molecule has 6 heteroatoms. The summed E-state index contributed by atoms with van der Waals surface area (Å²) in [6.45, 7) is 4.56. The van der Waals surface area contributed by atoms with Gasteiger partial charge in [-0.25, -0.2) is 9.37 Å². The van der Waals surface area contributed by atoms with E-state index in [2.05, 4.69) is 20.6 Å². The standard InChI is InChI=1S/C13H14ClFN4/c1-3-16-13-17-8(2)4-12(19-13)18-11-6-9(14)5-10(15)7-11/h4-7H,3H2,1-2H3,(H2,16,17,18,19). The second kappa shape index (κ2) is 5.84. The smallest absolute Gasteiger partial charge is 0.224 e. The van der Waals surface area contributed by atoms with Crippen LogP contribution in [-0.2, 0) is 0 Å². The van der Waals surface area contributed by atoms with Gasteiger partial charge in [0.05, 0.1) is 0 Å². The molecule has 4 nitrogen and oxygen atoms in total. The van der Waals surface area contributed by atoms with Crippen molar-refractivity contribution in [2.75, 3.05) is 17.2 Å². The van der Waals surface area contributed by atoms with Crippen LogP contribution in [0.25, 0.3) is 0 Å². The van der Waals surface area contributed by atoms with Gasteiger partial charge in [-0.3, -0.25) is 0 Å². The normalized spacial score (nSPS) is 10.3. The molecule has 0 unspecified atom stereocenters. The molecule has 0 spiro atoms. The molecule has 100 valence electrons. The number of hydrogen-bond acceptors (Lipinski definition) is 4. The first-order valence-corrected chi connectivity index (χ1v) is 6.27. The Balaban J connectivity index is 2.27. The van der Waals surface area contributed by atoms with Gasteiger partial charge >= 0.3 is 0 Å². The number of aryl methyl sites for hydroxylation is 1. The van der Waals surface area contributed by atoms with E-state index >= 15 is 0 Å². The highest BCUT2D eigenvalue weighted by molar-refractivity contribution is 6.30. The number of benzene rings is 1. The topological polar surface area (TPSA) is 49.8 Å². The van der Waals surface area contributed by atoms with Crippen LogP contribution in [0.4, 0.5) is 21.8 Å². The average Bonchev–Trinajstić information content (AvgIpc) is 2.26. The lowest BCUT2D eigenvalue weighted by Crippen LogP contribution is -2.05. The van der Waals surface area contributed by atoms with E-state index in [-0.39, 0.29) is 0 Å². The maximum atomic E-state index is 13.2. The fourth-order valence-electron chi connectivity index (χ4n) is 1.64. The van der Waals surface area contributed by atoms with E-state index in [1.165, 1.54) is 12.1 Å². The molecular formula is C13H14ClFN4. The van der Waals surface area contributed by atoms with E-state index in [9.17, 15) is 4.39 Å². The third-order valence-electron chi connectivity index (χ3n) is 2.32. The van der Waals surface area contributed by atoms with Crippen molar-refractivity contribution in [1.82, 2.24) is 9.97 Å². The summed E-state index contributed by atoms with van der Waals surface area (Å²) in [5, 5.41) is 6.38. The molecule has 19 heavy (non-hydrogen) atoms. The fourth-order valence-corrected chi connectivity index (χ4v) is 1.87. The molecule has 0 bridgehead atoms. The van der Waals surface area contributed by atoms with Crippen LogP contribution in [0.3, 0.4) is 0 Å². The second-order valence-electron chi connectivity index (χ2n) is 4.03. The van der Waals surface area contributed by atoms with E-state index in [0.29, 0.717) is 22.5 Å². The molecule has 1 aromatic heterocycles. The highest BCUT2D eigenvalue weighted by atomic mass is 35.5. The molecule has 0 aliphatic rings. The summed E-state index contributed by atoms with van der Waals surface area (Å²) < 4.78 is 13.2. The lowest BCUT2D eigenvalue weighted by Gasteiger charge is -2.09. The minimum atomic E-state index is -0.396. The molecule has 2 N–H and O–H groups in total. The van der Waals surface area contributed by atoms with Crippen molar-refractivity contribution < 1.29 is 4.39 Å². The number of anilines is 3. The van der Waals surface area contributed by atoms with Gasteiger partial charge in [0.1, 0.15) is 11.6 Å². The number of aromatic nitrogens is 2. The SMILES string of the molecule is CCNc1nc(C)cc(Nc2cc(F)cc(Cl)c2)n1. The Morgan fingerprint density at radius 1 is 1.21 bits per heavy atom. The van der Waals surface area contributed by atoms with Crippen molar-refractivity contribution >= 4 is 29.1 Å². The van der Waals surface area contributed by atoms with Crippen LogP contribution in [0, 0.1) is 12.7 Å². The van der Waals surface area contributed by atoms with Crippen molar-refractivity contribution in [3.63, 3.8) is 0 Å². The summed E-state index contributed by atoms with van der Waals surface area (Å²) in [5.74, 6) is 0.727. The summed E-state index contributed by atoms with van der Waals surface area (Å²) in [5.41, 5.74) is 1.36. The first kappa shape index (κ1) is 13.5. The monoisotopic (exact) mass is 280 g/mol. The molecule has 0 fully saturated rings. The van der Waals surface area contributed by atoms with Crippen molar-refractivity contribution in [3.8, 4) is 0 Å². The van der Waals surface area contributed by atoms with Gasteiger partial charge in [0.2, 0.25) is 5.95 Å². The van der Waals surface area contributed by atoms with Crippen molar-refractivity contribution in [1.29, 1.82) is 0 Å². The predicted octanol–water partition coefficient (Wildman–Crippen LogP) is 3.75. The van der Waals surface area contributed by atoms with E-state index in [1.807, 2.05) is 13.8 Å². The van der Waals surface area contributed by atoms with Crippen LogP contribution in [-0.4, -0.2) is 16.5 Å². The van der Waals surface area contributed by atoms with E-state index in [1.54, 1.807) is 12.1 Å². The van der Waals surface area contributed by atoms with Gasteiger partial charge in [-0.2, -0.15) is 4.98 Å². The second-order valence-corrected chi connectivity index (χ2v) is 4.47. The third-order valence-corrected chi connectivity index (χ3v) is 2.54. The molecule has 2 aromatic rings. The molecule has 0 amide bonds. The van der Waals surface area contributed by atoms with Crippen molar-refractivity contribution in [3.05, 3.63) is 40.8 Å². The molecule has 0 aliphatic heterocycles. The average molecular weight is 281 g/mol. The van der Waals surface area contributed by atoms with Crippen LogP contribution in [0.15, 0.2) is 24.3 Å². The van der Waals surface area contributed by atoms with Gasteiger partial charge in [-0.15, -0.1) is 0 Å². The number of nitrogens with zero attached hydrogens (tertiary/aromatic N) is 2. The summed E-state index contributed by atoms with van der Waals surface area (Å²) in [4.78, 5) is 8.52. The zero-order valence-electron chi connectivity index (χ0n) is 10.7. The summed E-state index contributed by atoms with van der Waals surface area (Å²) in [6.07, 6.45) is 0. The van der Waals surface area contributed by atoms with Gasteiger partial charge in [-0.1, -0.05) is 11.6 Å². The lowest BCUT2D eigenvalue weighted by molar-refractivity contribution is 0.628. The van der Waals surface area contributed by atoms with E-state index in [4.69, 9.17) is 11.6 Å². The molecule has 0 radical (unpaired) electrons. The molecule has 0 atom stereocenters. The minimum absolute atomic E-state index is 0.334. The Labute approximate surface area is 116 Å². The number of rotatable bonds is 4. The van der Waals surface area contributed by atoms with Gasteiger partial charge in [0.25, 0.3) is 0 Å². The highest BCUT2D eigenvalue weighted by Gasteiger charge is 2.04. The van der Waals surface area contributed by atoms with Gasteiger partial charge in [0.15, 0.2) is 0 Å². The molecule has 1 heterocycles. The Morgan fingerprint density at radius 3 is 2.68 bits per heavy atom. The summed E-state index contributed by atoms with van der Waals surface area (Å²) in [7, 11) is 0. The molecule has 0 saturated heterocycles. The van der Waals surface area contributed by atoms with Crippen molar-refractivity contribution in [2.24, 2.45) is 0 Å². The first-order valence-electron chi connectivity index (χ1n) is 5.89. The molecular weight excluding hydrogens is 267 g/mol. The van der Waals surface area contributed by atoms with Crippen LogP contribution in [0.5, 0.6) is 0 Å². The molecule has 0 saturated carbocycles. The van der Waals surface area contributed by atoms with Crippen LogP contribution in [0.2, 0.25) is 5.02 Å². The third kappa shape index (κ3) is 3.79. The zero-order valence-corrected chi connectivity index (χ0v) is 11.4. The van der Waals surface area contributed by atoms with Gasteiger partial charge in [-0.05, 0) is 32.0 Å². The lowest BCUT2D eigenvalue weighted by atomic mass is 10.3. The maximum Gasteiger partial charge on any atom is 0.224 e. The van der Waals surface area contributed by atoms with Crippen molar-refractivity contribution in [2.45, 2.75) is 13.8 Å². The van der Waals surface area contributed by atoms with Crippen LogP contribution in [0.1, 0.15) is 12.6 Å². The number of halogens is 2. The Morgan fingerprint density at radius 2 is 2.00 bits per heavy atom. The quantitative estimate of drug-likeness (QED) is 0.895. The highest BCUT2D eigenvalue weighted by Crippen LogP contribution is 2.22. The zero-order chi connectivity index (χ0) is 13.8. The largest absolute Gasteiger partial charge is 0.354 e. The maximum absolute atomic E-state index is 13.2. The molecule has 0 aliphatic carbocycles. The Kier molecular flexibility index (Phi) is 4.16. The Hall–Kier alpha value is -1.88. The number of hydrogen-bond donors (Lipinski definition) is 2. The fraction of sp³-hybridized carbons (Fsp3) is 0.231. The summed E-state index contributed by atoms with van der Waals surface area (Å²) >= 11 is 5.80. The van der Waals surface area contributed by atoms with E-state index in [0.717, 1.165) is 12.2 Å². The predicted molar refractivity (Wildman–Crippen MR) is 75.6 cm³/mol. The number of nitrogens with one attached hydrogen (secondary N) is 2. The van der Waals surface area contributed by atoms with E-state index < -0.39 is 5.82 Å². The van der Waals surface area contributed by atoms with Gasteiger partial charge < -0.3 is 10.6 Å². The van der Waals surface area contributed by atoms with Crippen LogP contribution < -0.4 is 10.6 Å².